The molecule has 0 saturated carbocycles. The van der Waals surface area contributed by atoms with Crippen molar-refractivity contribution in [3.63, 3.8) is 0 Å². The molecule has 13 heavy (non-hydrogen) atoms. The third kappa shape index (κ3) is 2.01. The van der Waals surface area contributed by atoms with Crippen molar-refractivity contribution in [1.82, 2.24) is 0 Å². The molecule has 0 unspecified atom stereocenters. The largest absolute Gasteiger partial charge is 0.496 e. The van der Waals surface area contributed by atoms with E-state index in [-0.39, 0.29) is 5.56 Å². The summed E-state index contributed by atoms with van der Waals surface area (Å²) < 4.78 is 5.76. The van der Waals surface area contributed by atoms with Crippen LogP contribution in [0.4, 0.5) is 0 Å². The first-order valence-corrected chi connectivity index (χ1v) is 4.43. The molecule has 1 aromatic carbocycles. The highest BCUT2D eigenvalue weighted by atomic mass is 79.9. The Balaban J connectivity index is 3.30. The Morgan fingerprint density at radius 1 is 1.54 bits per heavy atom. The Kier molecular flexibility index (Phi) is 2.93. The zero-order valence-corrected chi connectivity index (χ0v) is 8.88. The van der Waals surface area contributed by atoms with Gasteiger partial charge in [0.15, 0.2) is 0 Å². The number of ether oxygens (including phenoxy) is 1. The van der Waals surface area contributed by atoms with E-state index in [4.69, 9.17) is 9.84 Å². The van der Waals surface area contributed by atoms with E-state index in [0.29, 0.717) is 5.75 Å². The lowest BCUT2D eigenvalue weighted by Crippen LogP contribution is -1.98. The van der Waals surface area contributed by atoms with Crippen molar-refractivity contribution in [2.75, 3.05) is 7.11 Å². The third-order valence-corrected chi connectivity index (χ3v) is 2.59. The second-order valence-electron chi connectivity index (χ2n) is 2.59. The van der Waals surface area contributed by atoms with Crippen molar-refractivity contribution < 1.29 is 14.6 Å². The molecule has 0 aliphatic rings. The molecular formula is C9H9BrO3. The molecular weight excluding hydrogens is 236 g/mol. The van der Waals surface area contributed by atoms with Crippen LogP contribution < -0.4 is 4.74 Å². The fourth-order valence-electron chi connectivity index (χ4n) is 0.989. The number of hydrogen-bond donors (Lipinski definition) is 1. The van der Waals surface area contributed by atoms with Crippen LogP contribution in [0.3, 0.4) is 0 Å². The van der Waals surface area contributed by atoms with Gasteiger partial charge in [-0.15, -0.1) is 0 Å². The maximum atomic E-state index is 10.7. The summed E-state index contributed by atoms with van der Waals surface area (Å²) in [5.41, 5.74) is 1.11. The second-order valence-corrected chi connectivity index (χ2v) is 3.44. The van der Waals surface area contributed by atoms with Gasteiger partial charge in [0.2, 0.25) is 0 Å². The van der Waals surface area contributed by atoms with Gasteiger partial charge in [0.25, 0.3) is 0 Å². The van der Waals surface area contributed by atoms with E-state index in [9.17, 15) is 4.79 Å². The van der Waals surface area contributed by atoms with Crippen LogP contribution in [0.15, 0.2) is 16.6 Å². The molecule has 0 fully saturated rings. The van der Waals surface area contributed by atoms with Gasteiger partial charge in [-0.1, -0.05) is 15.9 Å². The molecule has 0 atom stereocenters. The fourth-order valence-corrected chi connectivity index (χ4v) is 1.43. The molecule has 0 aromatic heterocycles. The van der Waals surface area contributed by atoms with Gasteiger partial charge < -0.3 is 9.84 Å². The minimum Gasteiger partial charge on any atom is -0.496 e. The third-order valence-electron chi connectivity index (χ3n) is 1.76. The highest BCUT2D eigenvalue weighted by molar-refractivity contribution is 9.10. The molecule has 0 radical (unpaired) electrons. The summed E-state index contributed by atoms with van der Waals surface area (Å²) >= 11 is 3.26. The monoisotopic (exact) mass is 244 g/mol. The van der Waals surface area contributed by atoms with Crippen molar-refractivity contribution in [3.8, 4) is 5.75 Å². The quantitative estimate of drug-likeness (QED) is 0.870. The predicted molar refractivity (Wildman–Crippen MR) is 52.4 cm³/mol. The van der Waals surface area contributed by atoms with E-state index < -0.39 is 5.97 Å². The molecule has 1 N–H and O–H groups in total. The summed E-state index contributed by atoms with van der Waals surface area (Å²) in [5.74, 6) is -0.384. The topological polar surface area (TPSA) is 46.5 Å². The number of carbonyl (C=O) groups is 1. The summed E-state index contributed by atoms with van der Waals surface area (Å²) in [7, 11) is 1.51. The molecule has 0 bridgehead atoms. The predicted octanol–water partition coefficient (Wildman–Crippen LogP) is 2.46. The number of halogens is 1. The number of carboxylic acids is 1. The average Bonchev–Trinajstić information content (AvgIpc) is 2.09. The Bertz CT molecular complexity index is 347. The molecule has 70 valence electrons. The Labute approximate surface area is 84.5 Å². The summed E-state index contributed by atoms with van der Waals surface area (Å²) in [6.45, 7) is 1.86. The number of aromatic carboxylic acids is 1. The Morgan fingerprint density at radius 2 is 2.15 bits per heavy atom. The van der Waals surface area contributed by atoms with E-state index in [2.05, 4.69) is 15.9 Å². The minimum atomic E-state index is -0.959. The zero-order chi connectivity index (χ0) is 10.0. The van der Waals surface area contributed by atoms with Gasteiger partial charge in [-0.3, -0.25) is 0 Å². The maximum Gasteiger partial charge on any atom is 0.335 e. The van der Waals surface area contributed by atoms with Crippen LogP contribution >= 0.6 is 15.9 Å². The molecule has 1 rings (SSSR count). The molecule has 0 spiro atoms. The summed E-state index contributed by atoms with van der Waals surface area (Å²) in [6, 6.07) is 3.06. The SMILES string of the molecule is COc1cc(C(=O)O)cc(Br)c1C. The first-order valence-electron chi connectivity index (χ1n) is 3.63. The number of benzene rings is 1. The fraction of sp³-hybridized carbons (Fsp3) is 0.222. The van der Waals surface area contributed by atoms with Crippen molar-refractivity contribution >= 4 is 21.9 Å². The van der Waals surface area contributed by atoms with Gasteiger partial charge in [0.1, 0.15) is 5.75 Å². The highest BCUT2D eigenvalue weighted by Gasteiger charge is 2.09. The van der Waals surface area contributed by atoms with Gasteiger partial charge >= 0.3 is 5.97 Å². The second kappa shape index (κ2) is 3.79. The summed E-state index contributed by atoms with van der Waals surface area (Å²) in [5, 5.41) is 8.74. The number of methoxy groups -OCH3 is 1. The Morgan fingerprint density at radius 3 is 2.62 bits per heavy atom. The lowest BCUT2D eigenvalue weighted by atomic mass is 10.1. The molecule has 1 aromatic rings. The highest BCUT2D eigenvalue weighted by Crippen LogP contribution is 2.27. The minimum absolute atomic E-state index is 0.217. The van der Waals surface area contributed by atoms with Gasteiger partial charge in [0, 0.05) is 10.0 Å². The van der Waals surface area contributed by atoms with Crippen LogP contribution in [0.2, 0.25) is 0 Å². The van der Waals surface area contributed by atoms with Gasteiger partial charge in [0.05, 0.1) is 12.7 Å². The van der Waals surface area contributed by atoms with Crippen molar-refractivity contribution in [2.45, 2.75) is 6.92 Å². The average molecular weight is 245 g/mol. The van der Waals surface area contributed by atoms with E-state index in [1.807, 2.05) is 6.92 Å². The Hall–Kier alpha value is -1.03. The van der Waals surface area contributed by atoms with E-state index in [1.54, 1.807) is 6.07 Å². The van der Waals surface area contributed by atoms with Crippen molar-refractivity contribution in [1.29, 1.82) is 0 Å². The number of carboxylic acid groups (broad SMARTS) is 1. The molecule has 3 nitrogen and oxygen atoms in total. The molecule has 0 aliphatic heterocycles. The molecule has 0 saturated heterocycles. The molecule has 0 amide bonds. The van der Waals surface area contributed by atoms with Crippen molar-refractivity contribution in [3.05, 3.63) is 27.7 Å². The van der Waals surface area contributed by atoms with Crippen LogP contribution in [-0.2, 0) is 0 Å². The van der Waals surface area contributed by atoms with Crippen LogP contribution in [0.25, 0.3) is 0 Å². The van der Waals surface area contributed by atoms with E-state index in [1.165, 1.54) is 13.2 Å². The lowest BCUT2D eigenvalue weighted by molar-refractivity contribution is 0.0696. The lowest BCUT2D eigenvalue weighted by Gasteiger charge is -2.07. The maximum absolute atomic E-state index is 10.7. The van der Waals surface area contributed by atoms with Crippen LogP contribution in [0.1, 0.15) is 15.9 Å². The first kappa shape index (κ1) is 10.1. The number of rotatable bonds is 2. The van der Waals surface area contributed by atoms with Crippen LogP contribution in [0.5, 0.6) is 5.75 Å². The van der Waals surface area contributed by atoms with E-state index >= 15 is 0 Å². The first-order chi connectivity index (χ1) is 6.06. The van der Waals surface area contributed by atoms with E-state index in [0.717, 1.165) is 10.0 Å². The zero-order valence-electron chi connectivity index (χ0n) is 7.30. The van der Waals surface area contributed by atoms with Crippen LogP contribution in [0, 0.1) is 6.92 Å². The number of hydrogen-bond acceptors (Lipinski definition) is 2. The summed E-state index contributed by atoms with van der Waals surface area (Å²) in [4.78, 5) is 10.7. The molecule has 0 heterocycles. The van der Waals surface area contributed by atoms with Crippen molar-refractivity contribution in [2.24, 2.45) is 0 Å². The van der Waals surface area contributed by atoms with Crippen LogP contribution in [-0.4, -0.2) is 18.2 Å². The van der Waals surface area contributed by atoms with Gasteiger partial charge in [-0.25, -0.2) is 4.79 Å². The van der Waals surface area contributed by atoms with Gasteiger partial charge in [-0.05, 0) is 19.1 Å². The van der Waals surface area contributed by atoms with Gasteiger partial charge in [-0.2, -0.15) is 0 Å². The smallest absolute Gasteiger partial charge is 0.335 e. The normalized spacial score (nSPS) is 9.77. The molecule has 4 heteroatoms. The summed E-state index contributed by atoms with van der Waals surface area (Å²) in [6.07, 6.45) is 0. The molecule has 0 aliphatic carbocycles. The standard InChI is InChI=1S/C9H9BrO3/c1-5-7(10)3-6(9(11)12)4-8(5)13-2/h3-4H,1-2H3,(H,11,12).